The second-order valence-electron chi connectivity index (χ2n) is 2.72. The van der Waals surface area contributed by atoms with E-state index in [2.05, 4.69) is 5.32 Å². The minimum atomic E-state index is -0.635. The van der Waals surface area contributed by atoms with Crippen molar-refractivity contribution in [2.75, 3.05) is 13.1 Å². The molecule has 0 aliphatic carbocycles. The summed E-state index contributed by atoms with van der Waals surface area (Å²) in [6, 6.07) is 0. The van der Waals surface area contributed by atoms with Gasteiger partial charge in [0, 0.05) is 0 Å². The van der Waals surface area contributed by atoms with Gasteiger partial charge in [-0.15, -0.1) is 12.4 Å². The topological polar surface area (TPSA) is 49.3 Å². The average molecular weight is 180 g/mol. The lowest BCUT2D eigenvalue weighted by atomic mass is 10.0. The monoisotopic (exact) mass is 179 g/mol. The minimum absolute atomic E-state index is 0. The molecule has 0 amide bonds. The van der Waals surface area contributed by atoms with E-state index in [0.29, 0.717) is 0 Å². The summed E-state index contributed by atoms with van der Waals surface area (Å²) in [4.78, 5) is 10.5. The molecule has 0 radical (unpaired) electrons. The molecule has 3 nitrogen and oxygen atoms in total. The Labute approximate surface area is 72.6 Å². The van der Waals surface area contributed by atoms with Gasteiger partial charge in [-0.25, -0.2) is 0 Å². The Kier molecular flexibility index (Phi) is 5.24. The van der Waals surface area contributed by atoms with Crippen molar-refractivity contribution in [3.05, 3.63) is 0 Å². The number of nitrogens with one attached hydrogen (secondary N) is 1. The van der Waals surface area contributed by atoms with Crippen molar-refractivity contribution in [2.45, 2.75) is 19.3 Å². The van der Waals surface area contributed by atoms with E-state index in [1.165, 1.54) is 0 Å². The molecule has 1 heterocycles. The van der Waals surface area contributed by atoms with Crippen LogP contribution in [0.15, 0.2) is 0 Å². The van der Waals surface area contributed by atoms with E-state index in [1.807, 2.05) is 0 Å². The molecule has 0 saturated carbocycles. The van der Waals surface area contributed by atoms with Crippen molar-refractivity contribution in [3.63, 3.8) is 0 Å². The van der Waals surface area contributed by atoms with E-state index < -0.39 is 5.97 Å². The molecule has 4 heteroatoms. The normalized spacial score (nSPS) is 24.9. The zero-order chi connectivity index (χ0) is 7.40. The Morgan fingerprint density at radius 2 is 2.09 bits per heavy atom. The molecular formula is C7H14ClNO2. The summed E-state index contributed by atoms with van der Waals surface area (Å²) in [6.07, 6.45) is 2.62. The van der Waals surface area contributed by atoms with E-state index in [4.69, 9.17) is 5.11 Å². The molecule has 1 fully saturated rings. The molecule has 1 aliphatic rings. The number of aliphatic carboxylic acids is 1. The van der Waals surface area contributed by atoms with Gasteiger partial charge in [0.05, 0.1) is 5.92 Å². The molecule has 66 valence electrons. The van der Waals surface area contributed by atoms with Gasteiger partial charge in [-0.1, -0.05) is 0 Å². The zero-order valence-corrected chi connectivity index (χ0v) is 7.19. The van der Waals surface area contributed by atoms with E-state index in [1.54, 1.807) is 0 Å². The minimum Gasteiger partial charge on any atom is -0.481 e. The maximum absolute atomic E-state index is 10.5. The highest BCUT2D eigenvalue weighted by Gasteiger charge is 2.17. The van der Waals surface area contributed by atoms with Crippen LogP contribution in [0.4, 0.5) is 0 Å². The van der Waals surface area contributed by atoms with Gasteiger partial charge in [0.25, 0.3) is 0 Å². The van der Waals surface area contributed by atoms with Crippen LogP contribution in [-0.2, 0) is 4.79 Å². The summed E-state index contributed by atoms with van der Waals surface area (Å²) in [6.45, 7) is 1.83. The van der Waals surface area contributed by atoms with Gasteiger partial charge in [-0.2, -0.15) is 0 Å². The highest BCUT2D eigenvalue weighted by atomic mass is 35.5. The summed E-state index contributed by atoms with van der Waals surface area (Å²) < 4.78 is 0. The van der Waals surface area contributed by atoms with Gasteiger partial charge in [-0.3, -0.25) is 4.79 Å². The lowest BCUT2D eigenvalue weighted by molar-refractivity contribution is -0.142. The molecule has 1 aliphatic heterocycles. The molecule has 0 spiro atoms. The number of carboxylic acid groups (broad SMARTS) is 1. The van der Waals surface area contributed by atoms with Gasteiger partial charge in [0.1, 0.15) is 0 Å². The third-order valence-electron chi connectivity index (χ3n) is 1.92. The average Bonchev–Trinajstić information content (AvgIpc) is 2.12. The lowest BCUT2D eigenvalue weighted by Crippen LogP contribution is -2.17. The maximum atomic E-state index is 10.5. The van der Waals surface area contributed by atoms with E-state index in [-0.39, 0.29) is 18.3 Å². The highest BCUT2D eigenvalue weighted by Crippen LogP contribution is 2.12. The van der Waals surface area contributed by atoms with Crippen LogP contribution in [0.1, 0.15) is 19.3 Å². The fourth-order valence-corrected chi connectivity index (χ4v) is 1.27. The van der Waals surface area contributed by atoms with Crippen molar-refractivity contribution in [3.8, 4) is 0 Å². The Bertz CT molecular complexity index is 122. The van der Waals surface area contributed by atoms with Gasteiger partial charge in [0.2, 0.25) is 0 Å². The van der Waals surface area contributed by atoms with Crippen molar-refractivity contribution < 1.29 is 9.90 Å². The van der Waals surface area contributed by atoms with Crippen LogP contribution < -0.4 is 5.32 Å². The van der Waals surface area contributed by atoms with Gasteiger partial charge < -0.3 is 10.4 Å². The summed E-state index contributed by atoms with van der Waals surface area (Å²) in [5.74, 6) is -0.737. The van der Waals surface area contributed by atoms with Crippen LogP contribution in [0.25, 0.3) is 0 Å². The van der Waals surface area contributed by atoms with Crippen LogP contribution in [0.2, 0.25) is 0 Å². The quantitative estimate of drug-likeness (QED) is 0.629. The van der Waals surface area contributed by atoms with Crippen molar-refractivity contribution in [2.24, 2.45) is 5.92 Å². The number of rotatable bonds is 1. The largest absolute Gasteiger partial charge is 0.481 e. The molecule has 1 atom stereocenters. The third-order valence-corrected chi connectivity index (χ3v) is 1.92. The Morgan fingerprint density at radius 3 is 2.73 bits per heavy atom. The predicted molar refractivity (Wildman–Crippen MR) is 45.1 cm³/mol. The standard InChI is InChI=1S/C7H13NO2.ClH/c9-7(10)6-2-1-4-8-5-3-6;/h6,8H,1-5H2,(H,9,10);1H. The Morgan fingerprint density at radius 1 is 1.36 bits per heavy atom. The first-order chi connectivity index (χ1) is 4.80. The zero-order valence-electron chi connectivity index (χ0n) is 6.38. The van der Waals surface area contributed by atoms with Crippen LogP contribution >= 0.6 is 12.4 Å². The Balaban J connectivity index is 0.000001000. The second-order valence-corrected chi connectivity index (χ2v) is 2.72. The molecule has 1 saturated heterocycles. The predicted octanol–water partition coefficient (Wildman–Crippen LogP) is 0.882. The number of hydrogen-bond acceptors (Lipinski definition) is 2. The van der Waals surface area contributed by atoms with Crippen molar-refractivity contribution >= 4 is 18.4 Å². The number of carboxylic acids is 1. The molecule has 11 heavy (non-hydrogen) atoms. The molecule has 0 bridgehead atoms. The number of halogens is 1. The summed E-state index contributed by atoms with van der Waals surface area (Å²) in [5, 5.41) is 11.8. The van der Waals surface area contributed by atoms with E-state index >= 15 is 0 Å². The first-order valence-electron chi connectivity index (χ1n) is 3.74. The van der Waals surface area contributed by atoms with E-state index in [9.17, 15) is 4.79 Å². The lowest BCUT2D eigenvalue weighted by Gasteiger charge is -2.05. The van der Waals surface area contributed by atoms with Gasteiger partial charge in [-0.05, 0) is 32.4 Å². The molecular weight excluding hydrogens is 166 g/mol. The van der Waals surface area contributed by atoms with E-state index in [0.717, 1.165) is 32.4 Å². The fraction of sp³-hybridized carbons (Fsp3) is 0.857. The SMILES string of the molecule is Cl.O=C(O)C1CCCNCC1. The molecule has 1 rings (SSSR count). The molecule has 2 N–H and O–H groups in total. The third kappa shape index (κ3) is 3.58. The maximum Gasteiger partial charge on any atom is 0.306 e. The summed E-state index contributed by atoms with van der Waals surface area (Å²) in [5.41, 5.74) is 0. The summed E-state index contributed by atoms with van der Waals surface area (Å²) >= 11 is 0. The van der Waals surface area contributed by atoms with Crippen LogP contribution in [0, 0.1) is 5.92 Å². The smallest absolute Gasteiger partial charge is 0.306 e. The number of hydrogen-bond donors (Lipinski definition) is 2. The highest BCUT2D eigenvalue weighted by molar-refractivity contribution is 5.85. The van der Waals surface area contributed by atoms with Crippen molar-refractivity contribution in [1.82, 2.24) is 5.32 Å². The first-order valence-corrected chi connectivity index (χ1v) is 3.74. The van der Waals surface area contributed by atoms with Crippen LogP contribution in [-0.4, -0.2) is 24.2 Å². The molecule has 0 aromatic carbocycles. The second kappa shape index (κ2) is 5.38. The molecule has 0 aromatic rings. The fourth-order valence-electron chi connectivity index (χ4n) is 1.27. The van der Waals surface area contributed by atoms with Gasteiger partial charge in [0.15, 0.2) is 0 Å². The summed E-state index contributed by atoms with van der Waals surface area (Å²) in [7, 11) is 0. The molecule has 0 aromatic heterocycles. The molecule has 1 unspecified atom stereocenters. The Hall–Kier alpha value is -0.280. The van der Waals surface area contributed by atoms with Gasteiger partial charge >= 0.3 is 5.97 Å². The van der Waals surface area contributed by atoms with Crippen LogP contribution in [0.5, 0.6) is 0 Å². The number of carbonyl (C=O) groups is 1. The first kappa shape index (κ1) is 10.7. The van der Waals surface area contributed by atoms with Crippen molar-refractivity contribution in [1.29, 1.82) is 0 Å². The van der Waals surface area contributed by atoms with Crippen LogP contribution in [0.3, 0.4) is 0 Å².